The first-order chi connectivity index (χ1) is 17.4. The Kier molecular flexibility index (Phi) is 7.89. The molecule has 1 amide bonds. The number of nitrogens with zero attached hydrogens (tertiary/aromatic N) is 1. The van der Waals surface area contributed by atoms with Crippen LogP contribution in [0.2, 0.25) is 0 Å². The Morgan fingerprint density at radius 3 is 2.36 bits per heavy atom. The van der Waals surface area contributed by atoms with Crippen LogP contribution in [0.15, 0.2) is 84.4 Å². The average molecular weight is 484 g/mol. The van der Waals surface area contributed by atoms with E-state index in [0.29, 0.717) is 36.8 Å². The van der Waals surface area contributed by atoms with E-state index in [1.165, 1.54) is 5.56 Å². The lowest BCUT2D eigenvalue weighted by molar-refractivity contribution is -0.139. The monoisotopic (exact) mass is 483 g/mol. The highest BCUT2D eigenvalue weighted by atomic mass is 16.5. The summed E-state index contributed by atoms with van der Waals surface area (Å²) in [6, 6.07) is 24.2. The number of ketones is 1. The molecule has 3 aromatic rings. The smallest absolute Gasteiger partial charge is 0.295 e. The van der Waals surface area contributed by atoms with Gasteiger partial charge in [-0.25, -0.2) is 0 Å². The van der Waals surface area contributed by atoms with Crippen LogP contribution in [0.1, 0.15) is 61.4 Å². The lowest BCUT2D eigenvalue weighted by Crippen LogP contribution is -2.31. The molecule has 5 nitrogen and oxygen atoms in total. The molecule has 0 spiro atoms. The van der Waals surface area contributed by atoms with Crippen molar-refractivity contribution >= 4 is 17.4 Å². The summed E-state index contributed by atoms with van der Waals surface area (Å²) in [5.41, 5.74) is 3.60. The van der Waals surface area contributed by atoms with Crippen LogP contribution < -0.4 is 4.74 Å². The molecule has 1 fully saturated rings. The number of amides is 1. The van der Waals surface area contributed by atoms with Crippen LogP contribution >= 0.6 is 0 Å². The van der Waals surface area contributed by atoms with Gasteiger partial charge in [0.1, 0.15) is 11.5 Å². The van der Waals surface area contributed by atoms with Crippen molar-refractivity contribution in [2.75, 3.05) is 13.2 Å². The summed E-state index contributed by atoms with van der Waals surface area (Å²) in [4.78, 5) is 28.1. The summed E-state index contributed by atoms with van der Waals surface area (Å²) in [6.07, 6.45) is 1.46. The number of Topliss-reactive ketones (excluding diaryl/α,β-unsaturated/α-hetero) is 1. The van der Waals surface area contributed by atoms with Crippen molar-refractivity contribution in [3.05, 3.63) is 107 Å². The molecule has 1 atom stereocenters. The third-order valence-corrected chi connectivity index (χ3v) is 6.52. The fourth-order valence-corrected chi connectivity index (χ4v) is 4.52. The zero-order valence-electron chi connectivity index (χ0n) is 21.1. The Morgan fingerprint density at radius 2 is 1.69 bits per heavy atom. The fourth-order valence-electron chi connectivity index (χ4n) is 4.52. The first kappa shape index (κ1) is 25.2. The number of hydrogen-bond acceptors (Lipinski definition) is 4. The maximum Gasteiger partial charge on any atom is 0.295 e. The van der Waals surface area contributed by atoms with Crippen LogP contribution in [-0.2, 0) is 16.0 Å². The first-order valence-corrected chi connectivity index (χ1v) is 12.6. The van der Waals surface area contributed by atoms with Gasteiger partial charge < -0.3 is 14.7 Å². The number of carbonyl (C=O) groups excluding carboxylic acids is 2. The highest BCUT2D eigenvalue weighted by Gasteiger charge is 2.45. The van der Waals surface area contributed by atoms with E-state index in [0.717, 1.165) is 17.5 Å². The Bertz CT molecular complexity index is 1250. The SMILES string of the molecule is CCCOc1cccc(C(O)=C2C(=O)C(=O)N(CCc3ccccc3)C2c2ccc(C(C)C)cc2)c1. The minimum Gasteiger partial charge on any atom is -0.507 e. The summed E-state index contributed by atoms with van der Waals surface area (Å²) in [6.45, 7) is 7.17. The first-order valence-electron chi connectivity index (χ1n) is 12.6. The van der Waals surface area contributed by atoms with Crippen LogP contribution in [0.5, 0.6) is 5.75 Å². The molecule has 0 aromatic heterocycles. The second-order valence-electron chi connectivity index (χ2n) is 9.43. The van der Waals surface area contributed by atoms with Crippen molar-refractivity contribution in [3.8, 4) is 5.75 Å². The van der Waals surface area contributed by atoms with E-state index in [2.05, 4.69) is 13.8 Å². The minimum absolute atomic E-state index is 0.109. The highest BCUT2D eigenvalue weighted by Crippen LogP contribution is 2.40. The van der Waals surface area contributed by atoms with Gasteiger partial charge in [0.15, 0.2) is 0 Å². The molecule has 1 unspecified atom stereocenters. The molecular weight excluding hydrogens is 450 g/mol. The Morgan fingerprint density at radius 1 is 0.972 bits per heavy atom. The van der Waals surface area contributed by atoms with Crippen molar-refractivity contribution < 1.29 is 19.4 Å². The van der Waals surface area contributed by atoms with Gasteiger partial charge in [-0.3, -0.25) is 9.59 Å². The van der Waals surface area contributed by atoms with E-state index in [1.807, 2.05) is 67.6 Å². The van der Waals surface area contributed by atoms with Crippen molar-refractivity contribution in [3.63, 3.8) is 0 Å². The highest BCUT2D eigenvalue weighted by molar-refractivity contribution is 6.46. The van der Waals surface area contributed by atoms with Gasteiger partial charge in [-0.1, -0.05) is 87.5 Å². The number of hydrogen-bond donors (Lipinski definition) is 1. The van der Waals surface area contributed by atoms with Crippen LogP contribution in [0.3, 0.4) is 0 Å². The van der Waals surface area contributed by atoms with Crippen LogP contribution in [0.4, 0.5) is 0 Å². The van der Waals surface area contributed by atoms with Gasteiger partial charge in [0, 0.05) is 12.1 Å². The number of likely N-dealkylation sites (tertiary alicyclic amines) is 1. The van der Waals surface area contributed by atoms with Gasteiger partial charge in [-0.15, -0.1) is 0 Å². The Labute approximate surface area is 213 Å². The van der Waals surface area contributed by atoms with Gasteiger partial charge in [-0.2, -0.15) is 0 Å². The molecule has 186 valence electrons. The molecule has 1 saturated heterocycles. The Hall–Kier alpha value is -3.86. The fraction of sp³-hybridized carbons (Fsp3) is 0.290. The largest absolute Gasteiger partial charge is 0.507 e. The van der Waals surface area contributed by atoms with Crippen molar-refractivity contribution in [2.24, 2.45) is 0 Å². The van der Waals surface area contributed by atoms with Crippen molar-refractivity contribution in [1.29, 1.82) is 0 Å². The predicted octanol–water partition coefficient (Wildman–Crippen LogP) is 6.26. The zero-order valence-corrected chi connectivity index (χ0v) is 21.1. The molecule has 1 N–H and O–H groups in total. The second kappa shape index (κ2) is 11.3. The Balaban J connectivity index is 1.76. The molecule has 1 aliphatic heterocycles. The quantitative estimate of drug-likeness (QED) is 0.221. The van der Waals surface area contributed by atoms with Gasteiger partial charge in [0.25, 0.3) is 11.7 Å². The number of ether oxygens (including phenoxy) is 1. The molecule has 0 radical (unpaired) electrons. The van der Waals surface area contributed by atoms with E-state index < -0.39 is 17.7 Å². The van der Waals surface area contributed by atoms with Gasteiger partial charge >= 0.3 is 0 Å². The van der Waals surface area contributed by atoms with E-state index >= 15 is 0 Å². The van der Waals surface area contributed by atoms with Crippen LogP contribution in [-0.4, -0.2) is 34.8 Å². The predicted molar refractivity (Wildman–Crippen MR) is 142 cm³/mol. The normalized spacial score (nSPS) is 17.1. The molecule has 0 bridgehead atoms. The molecule has 1 aliphatic rings. The van der Waals surface area contributed by atoms with Crippen molar-refractivity contribution in [2.45, 2.75) is 45.6 Å². The lowest BCUT2D eigenvalue weighted by Gasteiger charge is -2.26. The zero-order chi connectivity index (χ0) is 25.7. The number of rotatable bonds is 9. The molecule has 0 aliphatic carbocycles. The molecular formula is C31H33NO4. The maximum absolute atomic E-state index is 13.3. The third-order valence-electron chi connectivity index (χ3n) is 6.52. The second-order valence-corrected chi connectivity index (χ2v) is 9.43. The molecule has 36 heavy (non-hydrogen) atoms. The van der Waals surface area contributed by atoms with Gasteiger partial charge in [-0.05, 0) is 47.6 Å². The van der Waals surface area contributed by atoms with E-state index in [-0.39, 0.29) is 11.3 Å². The molecule has 0 saturated carbocycles. The third kappa shape index (κ3) is 5.35. The van der Waals surface area contributed by atoms with E-state index in [4.69, 9.17) is 4.74 Å². The maximum atomic E-state index is 13.3. The summed E-state index contributed by atoms with van der Waals surface area (Å²) in [5.74, 6) is -0.482. The average Bonchev–Trinajstić information content (AvgIpc) is 3.16. The van der Waals surface area contributed by atoms with E-state index in [1.54, 1.807) is 23.1 Å². The number of aliphatic hydroxyl groups is 1. The van der Waals surface area contributed by atoms with Crippen molar-refractivity contribution in [1.82, 2.24) is 4.90 Å². The summed E-state index contributed by atoms with van der Waals surface area (Å²) in [7, 11) is 0. The van der Waals surface area contributed by atoms with Crippen LogP contribution in [0.25, 0.3) is 5.76 Å². The minimum atomic E-state index is -0.671. The molecule has 5 heteroatoms. The lowest BCUT2D eigenvalue weighted by atomic mass is 9.93. The summed E-state index contributed by atoms with van der Waals surface area (Å²) < 4.78 is 5.72. The number of aliphatic hydroxyl groups excluding tert-OH is 1. The van der Waals surface area contributed by atoms with Crippen LogP contribution in [0, 0.1) is 0 Å². The summed E-state index contributed by atoms with van der Waals surface area (Å²) >= 11 is 0. The van der Waals surface area contributed by atoms with E-state index in [9.17, 15) is 14.7 Å². The van der Waals surface area contributed by atoms with Gasteiger partial charge in [0.2, 0.25) is 0 Å². The molecule has 1 heterocycles. The standard InChI is InChI=1S/C31H33NO4/c1-4-19-36-26-12-8-11-25(20-26)29(33)27-28(24-15-13-23(14-16-24)21(2)3)32(31(35)30(27)34)18-17-22-9-6-5-7-10-22/h5-16,20-21,28,33H,4,17-19H2,1-3H3. The molecule has 3 aromatic carbocycles. The van der Waals surface area contributed by atoms with Gasteiger partial charge in [0.05, 0.1) is 18.2 Å². The number of carbonyl (C=O) groups is 2. The topological polar surface area (TPSA) is 66.8 Å². The number of benzene rings is 3. The molecule has 4 rings (SSSR count). The summed E-state index contributed by atoms with van der Waals surface area (Å²) in [5, 5.41) is 11.4.